The van der Waals surface area contributed by atoms with Crippen molar-refractivity contribution in [1.29, 1.82) is 0 Å². The second kappa shape index (κ2) is 16.2. The van der Waals surface area contributed by atoms with E-state index in [1.807, 2.05) is 78.9 Å². The van der Waals surface area contributed by atoms with Crippen LogP contribution in [-0.2, 0) is 29.1 Å². The van der Waals surface area contributed by atoms with Crippen molar-refractivity contribution in [3.63, 3.8) is 0 Å². The van der Waals surface area contributed by atoms with Gasteiger partial charge in [-0.15, -0.1) is 0 Å². The van der Waals surface area contributed by atoms with E-state index in [0.717, 1.165) is 16.7 Å². The van der Waals surface area contributed by atoms with Gasteiger partial charge in [-0.05, 0) is 53.8 Å². The molecule has 0 saturated heterocycles. The van der Waals surface area contributed by atoms with Crippen LogP contribution in [0.5, 0.6) is 11.5 Å². The van der Waals surface area contributed by atoms with E-state index in [-0.39, 0.29) is 44.3 Å². The number of carbonyl (C=O) groups excluding carboxylic acids is 2. The number of ether oxygens (including phenoxy) is 4. The molecule has 42 heavy (non-hydrogen) atoms. The maximum Gasteiger partial charge on any atom is 0.495 e. The van der Waals surface area contributed by atoms with Crippen LogP contribution in [0.3, 0.4) is 0 Å². The molecule has 226 valence electrons. The van der Waals surface area contributed by atoms with Crippen LogP contribution in [0, 0.1) is 0 Å². The molecule has 3 rings (SSSR count). The van der Waals surface area contributed by atoms with E-state index in [0.29, 0.717) is 24.3 Å². The lowest BCUT2D eigenvalue weighted by atomic mass is 9.80. The molecule has 0 amide bonds. The topological polar surface area (TPSA) is 121 Å². The molecule has 0 bridgehead atoms. The number of Topliss-reactive ketones (excluding diaryl/α,β-unsaturated/α-hetero) is 1. The predicted molar refractivity (Wildman–Crippen MR) is 159 cm³/mol. The number of carbonyl (C=O) groups is 2. The minimum Gasteiger partial charge on any atom is -0.497 e. The molecule has 0 heterocycles. The first-order valence-electron chi connectivity index (χ1n) is 13.9. The van der Waals surface area contributed by atoms with Gasteiger partial charge in [0.1, 0.15) is 29.5 Å². The van der Waals surface area contributed by atoms with E-state index < -0.39 is 20.4 Å². The van der Waals surface area contributed by atoms with Crippen LogP contribution < -0.4 is 9.47 Å². The Hall–Kier alpha value is -3.54. The molecule has 3 aromatic carbocycles. The second-order valence-corrected chi connectivity index (χ2v) is 12.2. The fraction of sp³-hybridized carbons (Fsp3) is 0.375. The van der Waals surface area contributed by atoms with Crippen LogP contribution in [0.15, 0.2) is 78.9 Å². The summed E-state index contributed by atoms with van der Waals surface area (Å²) < 4.78 is 27.5. The fourth-order valence-corrected chi connectivity index (χ4v) is 5.56. The molecule has 2 N–H and O–H groups in total. The third-order valence-electron chi connectivity index (χ3n) is 6.98. The summed E-state index contributed by atoms with van der Waals surface area (Å²) in [6.45, 7) is 0.102. The van der Waals surface area contributed by atoms with Crippen molar-refractivity contribution in [2.45, 2.75) is 43.7 Å². The van der Waals surface area contributed by atoms with E-state index in [2.05, 4.69) is 4.43 Å². The summed E-state index contributed by atoms with van der Waals surface area (Å²) in [5.74, 6) is 0.866. The molecule has 9 nitrogen and oxygen atoms in total. The minimum atomic E-state index is -3.60. The first-order chi connectivity index (χ1) is 20.2. The molecular weight excluding hydrogens is 556 g/mol. The normalized spacial score (nSPS) is 11.6. The molecule has 10 heteroatoms. The number of rotatable bonds is 18. The Bertz CT molecular complexity index is 1200. The average Bonchev–Trinajstić information content (AvgIpc) is 3.03. The standard InChI is InChI=1S/C32H40O9Si/c1-37-29-17-12-26(13-18-29)32(25-9-5-4-6-10-25,27-14-19-30(38-2)20-15-27)41-23-22-40-31(34)21-16-28(33)11-7-8-24-42(35,36)39-3/h4-6,9-10,12-15,17-20,35-36H,7-8,11,16,21-24H2,1-3H3. The van der Waals surface area contributed by atoms with Gasteiger partial charge in [-0.3, -0.25) is 9.59 Å². The Morgan fingerprint density at radius 2 is 1.24 bits per heavy atom. The molecule has 0 fully saturated rings. The van der Waals surface area contributed by atoms with Gasteiger partial charge in [-0.2, -0.15) is 0 Å². The molecule has 0 saturated carbocycles. The van der Waals surface area contributed by atoms with Gasteiger partial charge in [0.15, 0.2) is 0 Å². The highest BCUT2D eigenvalue weighted by Gasteiger charge is 2.38. The smallest absolute Gasteiger partial charge is 0.495 e. The molecule has 0 aliphatic carbocycles. The number of hydrogen-bond donors (Lipinski definition) is 2. The van der Waals surface area contributed by atoms with Gasteiger partial charge in [0.05, 0.1) is 27.2 Å². The molecule has 0 unspecified atom stereocenters. The zero-order valence-corrected chi connectivity index (χ0v) is 25.4. The zero-order valence-electron chi connectivity index (χ0n) is 24.4. The van der Waals surface area contributed by atoms with E-state index in [4.69, 9.17) is 18.9 Å². The molecule has 0 radical (unpaired) electrons. The van der Waals surface area contributed by atoms with Crippen LogP contribution in [0.4, 0.5) is 0 Å². The van der Waals surface area contributed by atoms with Gasteiger partial charge in [0.2, 0.25) is 0 Å². The van der Waals surface area contributed by atoms with Crippen LogP contribution in [-0.4, -0.2) is 64.7 Å². The lowest BCUT2D eigenvalue weighted by Crippen LogP contribution is -2.37. The molecule has 0 spiro atoms. The highest BCUT2D eigenvalue weighted by molar-refractivity contribution is 6.57. The van der Waals surface area contributed by atoms with Crippen molar-refractivity contribution in [3.05, 3.63) is 95.6 Å². The van der Waals surface area contributed by atoms with E-state index in [1.165, 1.54) is 7.11 Å². The second-order valence-electron chi connectivity index (χ2n) is 9.77. The summed E-state index contributed by atoms with van der Waals surface area (Å²) in [6.07, 6.45) is 1.26. The van der Waals surface area contributed by atoms with Crippen molar-refractivity contribution < 1.29 is 42.6 Å². The van der Waals surface area contributed by atoms with Gasteiger partial charge < -0.3 is 33.0 Å². The third kappa shape index (κ3) is 9.23. The fourth-order valence-electron chi connectivity index (χ4n) is 4.64. The van der Waals surface area contributed by atoms with Crippen LogP contribution in [0.2, 0.25) is 6.04 Å². The van der Waals surface area contributed by atoms with Crippen molar-refractivity contribution in [3.8, 4) is 11.5 Å². The van der Waals surface area contributed by atoms with Gasteiger partial charge in [-0.1, -0.05) is 54.6 Å². The predicted octanol–water partition coefficient (Wildman–Crippen LogP) is 4.65. The monoisotopic (exact) mass is 596 g/mol. The lowest BCUT2D eigenvalue weighted by Gasteiger charge is -2.36. The maximum absolute atomic E-state index is 12.4. The number of benzene rings is 3. The Kier molecular flexibility index (Phi) is 12.7. The van der Waals surface area contributed by atoms with Crippen molar-refractivity contribution in [2.75, 3.05) is 34.5 Å². The van der Waals surface area contributed by atoms with E-state index >= 15 is 0 Å². The summed E-state index contributed by atoms with van der Waals surface area (Å²) in [5, 5.41) is 0. The van der Waals surface area contributed by atoms with Crippen molar-refractivity contribution in [1.82, 2.24) is 0 Å². The number of ketones is 1. The number of methoxy groups -OCH3 is 2. The first-order valence-corrected chi connectivity index (χ1v) is 15.9. The Morgan fingerprint density at radius 3 is 1.76 bits per heavy atom. The Balaban J connectivity index is 1.66. The van der Waals surface area contributed by atoms with Crippen LogP contribution >= 0.6 is 0 Å². The number of unbranched alkanes of at least 4 members (excludes halogenated alkanes) is 1. The largest absolute Gasteiger partial charge is 0.497 e. The summed E-state index contributed by atoms with van der Waals surface area (Å²) in [6, 6.07) is 25.2. The van der Waals surface area contributed by atoms with Crippen LogP contribution in [0.25, 0.3) is 0 Å². The Morgan fingerprint density at radius 1 is 0.690 bits per heavy atom. The van der Waals surface area contributed by atoms with Crippen molar-refractivity contribution in [2.24, 2.45) is 0 Å². The van der Waals surface area contributed by atoms with Gasteiger partial charge >= 0.3 is 14.8 Å². The van der Waals surface area contributed by atoms with Gasteiger partial charge in [0.25, 0.3) is 0 Å². The first kappa shape index (κ1) is 33.0. The summed E-state index contributed by atoms with van der Waals surface area (Å²) in [4.78, 5) is 43.7. The number of esters is 1. The van der Waals surface area contributed by atoms with E-state index in [1.54, 1.807) is 14.2 Å². The summed E-state index contributed by atoms with van der Waals surface area (Å²) >= 11 is 0. The highest BCUT2D eigenvalue weighted by atomic mass is 28.4. The van der Waals surface area contributed by atoms with Gasteiger partial charge in [0, 0.05) is 26.0 Å². The SMILES string of the molecule is COc1ccc(C(OCCOC(=O)CCC(=O)CCCC[Si](O)(O)OC)(c2ccccc2)c2ccc(OC)cc2)cc1. The molecular formula is C32H40O9Si. The minimum absolute atomic E-state index is 0.00461. The average molecular weight is 597 g/mol. The zero-order chi connectivity index (χ0) is 30.4. The maximum atomic E-state index is 12.4. The number of hydrogen-bond acceptors (Lipinski definition) is 9. The molecule has 0 aliphatic heterocycles. The Labute approximate surface area is 248 Å². The lowest BCUT2D eigenvalue weighted by molar-refractivity contribution is -0.147. The third-order valence-corrected chi connectivity index (χ3v) is 8.64. The quantitative estimate of drug-likeness (QED) is 0.0936. The highest BCUT2D eigenvalue weighted by Crippen LogP contribution is 2.41. The van der Waals surface area contributed by atoms with E-state index in [9.17, 15) is 19.2 Å². The van der Waals surface area contributed by atoms with Gasteiger partial charge in [-0.25, -0.2) is 0 Å². The molecule has 3 aromatic rings. The molecule has 0 aromatic heterocycles. The molecule has 0 aliphatic rings. The summed E-state index contributed by atoms with van der Waals surface area (Å²) in [7, 11) is 0.884. The van der Waals surface area contributed by atoms with Crippen LogP contribution in [0.1, 0.15) is 48.8 Å². The molecule has 0 atom stereocenters. The van der Waals surface area contributed by atoms with Crippen molar-refractivity contribution >= 4 is 20.6 Å². The summed E-state index contributed by atoms with van der Waals surface area (Å²) in [5.41, 5.74) is 1.60.